The van der Waals surface area contributed by atoms with Gasteiger partial charge in [0.15, 0.2) is 5.78 Å². The maximum atomic E-state index is 12.1. The summed E-state index contributed by atoms with van der Waals surface area (Å²) in [4.78, 5) is 14.3. The van der Waals surface area contributed by atoms with E-state index in [-0.39, 0.29) is 18.4 Å². The fourth-order valence-electron chi connectivity index (χ4n) is 2.69. The highest BCUT2D eigenvalue weighted by Crippen LogP contribution is 2.23. The van der Waals surface area contributed by atoms with E-state index in [9.17, 15) is 9.90 Å². The molecule has 1 aromatic carbocycles. The molecule has 3 nitrogen and oxygen atoms in total. The van der Waals surface area contributed by atoms with Gasteiger partial charge in [0, 0.05) is 29.6 Å². The number of hydrogen-bond donors (Lipinski definition) is 1. The zero-order valence-corrected chi connectivity index (χ0v) is 11.9. The minimum absolute atomic E-state index is 0.132. The topological polar surface area (TPSA) is 40.5 Å². The predicted octanol–water partition coefficient (Wildman–Crippen LogP) is 2.62. The molecule has 2 unspecified atom stereocenters. The van der Waals surface area contributed by atoms with Crippen LogP contribution in [0.5, 0.6) is 0 Å². The van der Waals surface area contributed by atoms with Gasteiger partial charge in [0.2, 0.25) is 0 Å². The van der Waals surface area contributed by atoms with E-state index < -0.39 is 0 Å². The van der Waals surface area contributed by atoms with Crippen molar-refractivity contribution in [3.8, 4) is 0 Å². The first-order valence-corrected chi connectivity index (χ1v) is 7.13. The Labute approximate surface area is 119 Å². The molecule has 0 spiro atoms. The van der Waals surface area contributed by atoms with Crippen LogP contribution in [0.15, 0.2) is 24.3 Å². The summed E-state index contributed by atoms with van der Waals surface area (Å²) in [6.45, 7) is 4.02. The molecule has 0 radical (unpaired) electrons. The second-order valence-electron chi connectivity index (χ2n) is 5.23. The van der Waals surface area contributed by atoms with E-state index in [1.165, 1.54) is 0 Å². The molecule has 1 saturated heterocycles. The Morgan fingerprint density at radius 3 is 2.74 bits per heavy atom. The number of carbonyl (C=O) groups excluding carboxylic acids is 1. The van der Waals surface area contributed by atoms with Gasteiger partial charge < -0.3 is 5.11 Å². The summed E-state index contributed by atoms with van der Waals surface area (Å²) in [5, 5.41) is 10.0. The number of Topliss-reactive ketones (excluding diaryl/α,β-unsaturated/α-hetero) is 1. The van der Waals surface area contributed by atoms with Crippen LogP contribution in [0.2, 0.25) is 5.02 Å². The smallest absolute Gasteiger partial charge is 0.164 e. The second kappa shape index (κ2) is 6.51. The van der Waals surface area contributed by atoms with Crippen molar-refractivity contribution in [3.05, 3.63) is 34.9 Å². The lowest BCUT2D eigenvalue weighted by molar-refractivity contribution is 0.0934. The fraction of sp³-hybridized carbons (Fsp3) is 0.533. The molecule has 1 aromatic rings. The Morgan fingerprint density at radius 2 is 2.11 bits per heavy atom. The van der Waals surface area contributed by atoms with Crippen LogP contribution in [0.1, 0.15) is 30.1 Å². The molecule has 4 heteroatoms. The number of halogens is 1. The van der Waals surface area contributed by atoms with Crippen molar-refractivity contribution in [1.29, 1.82) is 0 Å². The third-order valence-electron chi connectivity index (χ3n) is 3.98. The summed E-state index contributed by atoms with van der Waals surface area (Å²) in [5.41, 5.74) is 0.706. The summed E-state index contributed by atoms with van der Waals surface area (Å²) in [6.07, 6.45) is 1.59. The van der Waals surface area contributed by atoms with Crippen molar-refractivity contribution in [1.82, 2.24) is 4.90 Å². The van der Waals surface area contributed by atoms with Crippen LogP contribution in [0, 0.1) is 5.92 Å². The van der Waals surface area contributed by atoms with Gasteiger partial charge in [-0.3, -0.25) is 9.69 Å². The molecule has 2 atom stereocenters. The highest BCUT2D eigenvalue weighted by atomic mass is 35.5. The highest BCUT2D eigenvalue weighted by Gasteiger charge is 2.30. The van der Waals surface area contributed by atoms with E-state index in [1.807, 2.05) is 0 Å². The first-order valence-electron chi connectivity index (χ1n) is 6.75. The maximum absolute atomic E-state index is 12.1. The zero-order chi connectivity index (χ0) is 13.8. The van der Waals surface area contributed by atoms with Crippen LogP contribution in [0.4, 0.5) is 0 Å². The van der Waals surface area contributed by atoms with Crippen molar-refractivity contribution >= 4 is 17.4 Å². The van der Waals surface area contributed by atoms with Gasteiger partial charge >= 0.3 is 0 Å². The molecule has 2 rings (SSSR count). The highest BCUT2D eigenvalue weighted by molar-refractivity contribution is 6.30. The van der Waals surface area contributed by atoms with Crippen LogP contribution in [-0.2, 0) is 0 Å². The van der Waals surface area contributed by atoms with E-state index in [2.05, 4.69) is 11.8 Å². The third kappa shape index (κ3) is 3.56. The van der Waals surface area contributed by atoms with E-state index in [0.717, 1.165) is 19.5 Å². The number of hydrogen-bond acceptors (Lipinski definition) is 3. The lowest BCUT2D eigenvalue weighted by Gasteiger charge is -2.24. The zero-order valence-electron chi connectivity index (χ0n) is 11.2. The lowest BCUT2D eigenvalue weighted by atomic mass is 10.0. The minimum Gasteiger partial charge on any atom is -0.395 e. The predicted molar refractivity (Wildman–Crippen MR) is 76.6 cm³/mol. The van der Waals surface area contributed by atoms with Gasteiger partial charge in [0.1, 0.15) is 0 Å². The van der Waals surface area contributed by atoms with E-state index in [0.29, 0.717) is 22.9 Å². The Balaban J connectivity index is 1.88. The molecule has 0 saturated carbocycles. The fourth-order valence-corrected chi connectivity index (χ4v) is 2.81. The standard InChI is InChI=1S/C15H20ClNO2/c1-11-6-8-17(14(11)10-18)9-7-15(19)12-2-4-13(16)5-3-12/h2-5,11,14,18H,6-10H2,1H3. The monoisotopic (exact) mass is 281 g/mol. The number of likely N-dealkylation sites (tertiary alicyclic amines) is 1. The molecule has 1 heterocycles. The van der Waals surface area contributed by atoms with Gasteiger partial charge in [0.25, 0.3) is 0 Å². The molecule has 1 fully saturated rings. The first kappa shape index (κ1) is 14.5. The van der Waals surface area contributed by atoms with Crippen LogP contribution in [0.3, 0.4) is 0 Å². The Morgan fingerprint density at radius 1 is 1.42 bits per heavy atom. The Kier molecular flexibility index (Phi) is 4.97. The Bertz CT molecular complexity index is 432. The van der Waals surface area contributed by atoms with Crippen molar-refractivity contribution in [2.75, 3.05) is 19.7 Å². The van der Waals surface area contributed by atoms with E-state index in [4.69, 9.17) is 11.6 Å². The number of aliphatic hydroxyl groups is 1. The SMILES string of the molecule is CC1CCN(CCC(=O)c2ccc(Cl)cc2)C1CO. The Hall–Kier alpha value is -0.900. The molecule has 0 aliphatic carbocycles. The molecule has 1 N–H and O–H groups in total. The van der Waals surface area contributed by atoms with E-state index in [1.54, 1.807) is 24.3 Å². The van der Waals surface area contributed by atoms with Crippen molar-refractivity contribution < 1.29 is 9.90 Å². The van der Waals surface area contributed by atoms with Gasteiger partial charge in [-0.05, 0) is 43.1 Å². The quantitative estimate of drug-likeness (QED) is 0.844. The van der Waals surface area contributed by atoms with Gasteiger partial charge in [-0.1, -0.05) is 18.5 Å². The number of carbonyl (C=O) groups is 1. The first-order chi connectivity index (χ1) is 9.11. The second-order valence-corrected chi connectivity index (χ2v) is 5.67. The van der Waals surface area contributed by atoms with Gasteiger partial charge in [-0.15, -0.1) is 0 Å². The van der Waals surface area contributed by atoms with Crippen LogP contribution in [0.25, 0.3) is 0 Å². The van der Waals surface area contributed by atoms with Gasteiger partial charge in [-0.25, -0.2) is 0 Å². The average molecular weight is 282 g/mol. The molecule has 19 heavy (non-hydrogen) atoms. The van der Waals surface area contributed by atoms with Crippen LogP contribution >= 0.6 is 11.6 Å². The number of benzene rings is 1. The summed E-state index contributed by atoms with van der Waals surface area (Å²) >= 11 is 5.80. The average Bonchev–Trinajstić information content (AvgIpc) is 2.77. The minimum atomic E-state index is 0.132. The van der Waals surface area contributed by atoms with Crippen molar-refractivity contribution in [2.45, 2.75) is 25.8 Å². The van der Waals surface area contributed by atoms with Gasteiger partial charge in [-0.2, -0.15) is 0 Å². The molecule has 1 aliphatic rings. The summed E-state index contributed by atoms with van der Waals surface area (Å²) in [6, 6.07) is 7.21. The van der Waals surface area contributed by atoms with Crippen molar-refractivity contribution in [3.63, 3.8) is 0 Å². The van der Waals surface area contributed by atoms with Crippen molar-refractivity contribution in [2.24, 2.45) is 5.92 Å². The van der Waals surface area contributed by atoms with Crippen LogP contribution in [-0.4, -0.2) is 41.5 Å². The lowest BCUT2D eigenvalue weighted by Crippen LogP contribution is -2.36. The number of nitrogens with zero attached hydrogens (tertiary/aromatic N) is 1. The number of aliphatic hydroxyl groups excluding tert-OH is 1. The number of rotatable bonds is 5. The van der Waals surface area contributed by atoms with Gasteiger partial charge in [0.05, 0.1) is 6.61 Å². The largest absolute Gasteiger partial charge is 0.395 e. The molecular formula is C15H20ClNO2. The van der Waals surface area contributed by atoms with Crippen LogP contribution < -0.4 is 0 Å². The van der Waals surface area contributed by atoms with E-state index >= 15 is 0 Å². The maximum Gasteiger partial charge on any atom is 0.164 e. The molecular weight excluding hydrogens is 262 g/mol. The molecule has 104 valence electrons. The summed E-state index contributed by atoms with van der Waals surface area (Å²) in [5.74, 6) is 0.642. The third-order valence-corrected chi connectivity index (χ3v) is 4.23. The molecule has 0 amide bonds. The summed E-state index contributed by atoms with van der Waals surface area (Å²) in [7, 11) is 0. The molecule has 0 bridgehead atoms. The number of ketones is 1. The molecule has 0 aromatic heterocycles. The molecule has 1 aliphatic heterocycles. The summed E-state index contributed by atoms with van der Waals surface area (Å²) < 4.78 is 0. The normalized spacial score (nSPS) is 23.7.